The van der Waals surface area contributed by atoms with E-state index in [1.807, 2.05) is 4.68 Å². The van der Waals surface area contributed by atoms with Gasteiger partial charge in [0.2, 0.25) is 0 Å². The first-order valence-corrected chi connectivity index (χ1v) is 9.60. The number of ether oxygens (including phenoxy) is 1. The third-order valence-electron chi connectivity index (χ3n) is 6.65. The van der Waals surface area contributed by atoms with Crippen molar-refractivity contribution in [2.24, 2.45) is 11.3 Å². The minimum Gasteiger partial charge on any atom is -0.377 e. The van der Waals surface area contributed by atoms with Gasteiger partial charge in [-0.3, -0.25) is 0 Å². The van der Waals surface area contributed by atoms with E-state index in [0.29, 0.717) is 17.6 Å². The van der Waals surface area contributed by atoms with Crippen molar-refractivity contribution < 1.29 is 4.74 Å². The number of benzene rings is 1. The summed E-state index contributed by atoms with van der Waals surface area (Å²) in [4.78, 5) is 3.99. The molecule has 0 radical (unpaired) electrons. The monoisotopic (exact) mass is 338 g/mol. The number of hydrogen-bond donors (Lipinski definition) is 1. The Kier molecular flexibility index (Phi) is 3.86. The molecule has 3 atom stereocenters. The lowest BCUT2D eigenvalue weighted by atomic mass is 9.54. The Morgan fingerprint density at radius 3 is 2.72 bits per heavy atom. The van der Waals surface area contributed by atoms with Gasteiger partial charge in [0, 0.05) is 30.5 Å². The maximum atomic E-state index is 6.08. The summed E-state index contributed by atoms with van der Waals surface area (Å²) in [6, 6.07) is 9.53. The zero-order valence-corrected chi connectivity index (χ0v) is 14.6. The molecule has 2 heterocycles. The minimum atomic E-state index is 0.439. The molecule has 0 bridgehead atoms. The molecular weight excluding hydrogens is 312 g/mol. The largest absolute Gasteiger partial charge is 0.377 e. The molecule has 3 aliphatic rings. The van der Waals surface area contributed by atoms with Gasteiger partial charge in [-0.25, -0.2) is 9.67 Å². The van der Waals surface area contributed by atoms with Crippen LogP contribution in [0.15, 0.2) is 36.9 Å². The second-order valence-corrected chi connectivity index (χ2v) is 7.95. The Morgan fingerprint density at radius 2 is 1.96 bits per heavy atom. The van der Waals surface area contributed by atoms with Crippen LogP contribution in [0.4, 0.5) is 0 Å². The maximum Gasteiger partial charge on any atom is 0.137 e. The van der Waals surface area contributed by atoms with Crippen molar-refractivity contribution >= 4 is 0 Å². The van der Waals surface area contributed by atoms with Crippen molar-refractivity contribution in [1.82, 2.24) is 20.1 Å². The van der Waals surface area contributed by atoms with Gasteiger partial charge in [0.25, 0.3) is 0 Å². The van der Waals surface area contributed by atoms with E-state index in [-0.39, 0.29) is 0 Å². The van der Waals surface area contributed by atoms with Crippen molar-refractivity contribution in [3.8, 4) is 0 Å². The van der Waals surface area contributed by atoms with Crippen LogP contribution < -0.4 is 5.32 Å². The van der Waals surface area contributed by atoms with E-state index >= 15 is 0 Å². The predicted octanol–water partition coefficient (Wildman–Crippen LogP) is 2.76. The zero-order chi connectivity index (χ0) is 16.7. The fraction of sp³-hybridized carbons (Fsp3) is 0.600. The highest BCUT2D eigenvalue weighted by Crippen LogP contribution is 2.60. The lowest BCUT2D eigenvalue weighted by Gasteiger charge is -2.57. The van der Waals surface area contributed by atoms with Crippen LogP contribution in [0.3, 0.4) is 0 Å². The highest BCUT2D eigenvalue weighted by molar-refractivity contribution is 5.23. The van der Waals surface area contributed by atoms with Gasteiger partial charge >= 0.3 is 0 Å². The lowest BCUT2D eigenvalue weighted by molar-refractivity contribution is -0.130. The minimum absolute atomic E-state index is 0.439. The standard InChI is InChI=1S/C20H26N4O/c1-2-9-20(8-1)18(17-7-10-25-19(17)20)22-11-15-3-5-16(6-4-15)12-24-14-21-13-23-24/h3-6,13-14,17-19,22H,1-2,7-12H2/t17-,18?,19-/m0/s1. The average molecular weight is 338 g/mol. The van der Waals surface area contributed by atoms with E-state index in [9.17, 15) is 0 Å². The summed E-state index contributed by atoms with van der Waals surface area (Å²) in [5.74, 6) is 0.740. The van der Waals surface area contributed by atoms with Gasteiger partial charge in [0.15, 0.2) is 0 Å². The summed E-state index contributed by atoms with van der Waals surface area (Å²) in [6.45, 7) is 2.70. The molecule has 2 aliphatic carbocycles. The Balaban J connectivity index is 1.22. The fourth-order valence-corrected chi connectivity index (χ4v) is 5.50. The van der Waals surface area contributed by atoms with Crippen LogP contribution in [-0.4, -0.2) is 33.5 Å². The number of rotatable bonds is 5. The highest BCUT2D eigenvalue weighted by atomic mass is 16.5. The number of nitrogens with zero attached hydrogens (tertiary/aromatic N) is 3. The molecule has 1 N–H and O–H groups in total. The van der Waals surface area contributed by atoms with Crippen molar-refractivity contribution in [3.63, 3.8) is 0 Å². The van der Waals surface area contributed by atoms with Crippen LogP contribution in [0.1, 0.15) is 43.2 Å². The summed E-state index contributed by atoms with van der Waals surface area (Å²) in [5.41, 5.74) is 3.06. The third-order valence-corrected chi connectivity index (χ3v) is 6.65. The van der Waals surface area contributed by atoms with Gasteiger partial charge in [0.1, 0.15) is 12.7 Å². The van der Waals surface area contributed by atoms with E-state index in [2.05, 4.69) is 39.7 Å². The van der Waals surface area contributed by atoms with Gasteiger partial charge in [-0.1, -0.05) is 37.1 Å². The van der Waals surface area contributed by atoms with Crippen molar-refractivity contribution in [2.45, 2.75) is 57.3 Å². The van der Waals surface area contributed by atoms with Crippen LogP contribution in [0.5, 0.6) is 0 Å². The Hall–Kier alpha value is -1.72. The molecule has 3 fully saturated rings. The molecule has 2 saturated carbocycles. The van der Waals surface area contributed by atoms with Gasteiger partial charge in [-0.05, 0) is 30.4 Å². The Morgan fingerprint density at radius 1 is 1.16 bits per heavy atom. The van der Waals surface area contributed by atoms with Gasteiger partial charge < -0.3 is 10.1 Å². The predicted molar refractivity (Wildman–Crippen MR) is 94.9 cm³/mol. The first-order chi connectivity index (χ1) is 12.4. The molecule has 25 heavy (non-hydrogen) atoms. The third kappa shape index (κ3) is 2.61. The second kappa shape index (κ2) is 6.22. The number of nitrogens with one attached hydrogen (secondary N) is 1. The van der Waals surface area contributed by atoms with Crippen LogP contribution >= 0.6 is 0 Å². The molecule has 5 nitrogen and oxygen atoms in total. The van der Waals surface area contributed by atoms with E-state index in [1.54, 1.807) is 12.7 Å². The molecule has 132 valence electrons. The molecule has 1 aromatic heterocycles. The summed E-state index contributed by atoms with van der Waals surface area (Å²) >= 11 is 0. The number of fused-ring (bicyclic) bond motifs is 2. The molecule has 1 spiro atoms. The first kappa shape index (κ1) is 15.5. The van der Waals surface area contributed by atoms with Crippen LogP contribution in [0.25, 0.3) is 0 Å². The van der Waals surface area contributed by atoms with Crippen LogP contribution in [0.2, 0.25) is 0 Å². The van der Waals surface area contributed by atoms with E-state index in [4.69, 9.17) is 4.74 Å². The molecule has 1 unspecified atom stereocenters. The van der Waals surface area contributed by atoms with Crippen molar-refractivity contribution in [1.29, 1.82) is 0 Å². The fourth-order valence-electron chi connectivity index (χ4n) is 5.50. The molecule has 5 rings (SSSR count). The summed E-state index contributed by atoms with van der Waals surface area (Å²) < 4.78 is 7.94. The summed E-state index contributed by atoms with van der Waals surface area (Å²) in [6.07, 6.45) is 10.6. The SMILES string of the molecule is c1ncn(Cc2ccc(CNC3[C@@H]4CCO[C@@H]4C34CCCC4)cc2)n1. The molecular formula is C20H26N4O. The number of hydrogen-bond acceptors (Lipinski definition) is 4. The molecule has 2 aromatic rings. The quantitative estimate of drug-likeness (QED) is 0.911. The first-order valence-electron chi connectivity index (χ1n) is 9.60. The summed E-state index contributed by atoms with van der Waals surface area (Å²) in [5, 5.41) is 8.06. The normalized spacial score (nSPS) is 29.7. The second-order valence-electron chi connectivity index (χ2n) is 7.95. The lowest BCUT2D eigenvalue weighted by Crippen LogP contribution is -2.67. The smallest absolute Gasteiger partial charge is 0.137 e. The molecule has 1 aromatic carbocycles. The van der Waals surface area contributed by atoms with E-state index < -0.39 is 0 Å². The van der Waals surface area contributed by atoms with Crippen LogP contribution in [-0.2, 0) is 17.8 Å². The molecule has 0 amide bonds. The van der Waals surface area contributed by atoms with Gasteiger partial charge in [0.05, 0.1) is 12.6 Å². The highest BCUT2D eigenvalue weighted by Gasteiger charge is 2.64. The maximum absolute atomic E-state index is 6.08. The molecule has 5 heteroatoms. The Bertz CT molecular complexity index is 706. The van der Waals surface area contributed by atoms with Crippen molar-refractivity contribution in [2.75, 3.05) is 6.61 Å². The molecule has 1 aliphatic heterocycles. The average Bonchev–Trinajstić information content (AvgIpc) is 3.37. The Labute approximate surface area is 148 Å². The topological polar surface area (TPSA) is 52.0 Å². The van der Waals surface area contributed by atoms with Crippen LogP contribution in [0, 0.1) is 11.3 Å². The van der Waals surface area contributed by atoms with Crippen molar-refractivity contribution in [3.05, 3.63) is 48.0 Å². The summed E-state index contributed by atoms with van der Waals surface area (Å²) in [7, 11) is 0. The van der Waals surface area contributed by atoms with Gasteiger partial charge in [-0.2, -0.15) is 5.10 Å². The zero-order valence-electron chi connectivity index (χ0n) is 14.6. The number of aromatic nitrogens is 3. The van der Waals surface area contributed by atoms with Gasteiger partial charge in [-0.15, -0.1) is 0 Å². The van der Waals surface area contributed by atoms with E-state index in [1.165, 1.54) is 43.2 Å². The van der Waals surface area contributed by atoms with E-state index in [0.717, 1.165) is 25.6 Å². The molecule has 1 saturated heterocycles.